The van der Waals surface area contributed by atoms with Crippen molar-refractivity contribution in [1.82, 2.24) is 9.97 Å². The summed E-state index contributed by atoms with van der Waals surface area (Å²) in [5, 5.41) is 3.19. The van der Waals surface area contributed by atoms with Gasteiger partial charge in [0.05, 0.1) is 16.5 Å². The van der Waals surface area contributed by atoms with Crippen LogP contribution in [0.1, 0.15) is 19.8 Å². The summed E-state index contributed by atoms with van der Waals surface area (Å²) in [6.07, 6.45) is 2.56. The van der Waals surface area contributed by atoms with Gasteiger partial charge >= 0.3 is 0 Å². The van der Waals surface area contributed by atoms with E-state index in [0.717, 1.165) is 60.0 Å². The third kappa shape index (κ3) is 3.01. The molecule has 3 aromatic rings. The van der Waals surface area contributed by atoms with Crippen molar-refractivity contribution in [3.05, 3.63) is 41.8 Å². The van der Waals surface area contributed by atoms with Crippen molar-refractivity contribution in [1.29, 1.82) is 0 Å². The molecule has 0 spiro atoms. The van der Waals surface area contributed by atoms with Crippen molar-refractivity contribution in [3.63, 3.8) is 0 Å². The van der Waals surface area contributed by atoms with Crippen LogP contribution in [-0.2, 0) is 4.74 Å². The molecule has 124 valence electrons. The Morgan fingerprint density at radius 2 is 2.12 bits per heavy atom. The van der Waals surface area contributed by atoms with Gasteiger partial charge in [-0.25, -0.2) is 9.97 Å². The van der Waals surface area contributed by atoms with E-state index >= 15 is 0 Å². The Kier molecular flexibility index (Phi) is 4.45. The first-order chi connectivity index (χ1) is 11.8. The maximum atomic E-state index is 5.87. The van der Waals surface area contributed by atoms with E-state index in [1.807, 2.05) is 12.1 Å². The number of nitrogens with zero attached hydrogens (tertiary/aromatic N) is 3. The molecule has 1 aliphatic heterocycles. The highest BCUT2D eigenvalue weighted by Gasteiger charge is 2.23. The molecule has 0 bridgehead atoms. The van der Waals surface area contributed by atoms with Crippen molar-refractivity contribution < 1.29 is 4.74 Å². The molecule has 0 N–H and O–H groups in total. The fourth-order valence-electron chi connectivity index (χ4n) is 3.32. The van der Waals surface area contributed by atoms with Crippen molar-refractivity contribution in [3.8, 4) is 10.7 Å². The van der Waals surface area contributed by atoms with E-state index in [1.54, 1.807) is 11.3 Å². The van der Waals surface area contributed by atoms with Gasteiger partial charge in [-0.15, -0.1) is 11.3 Å². The molecule has 4 rings (SSSR count). The minimum absolute atomic E-state index is 0.294. The SMILES string of the molecule is CCOC1CCCN(c2nc(-c3cccs3)nc3ccccc23)C1. The van der Waals surface area contributed by atoms with Crippen molar-refractivity contribution in [2.24, 2.45) is 0 Å². The second kappa shape index (κ2) is 6.87. The van der Waals surface area contributed by atoms with Crippen molar-refractivity contribution in [2.75, 3.05) is 24.6 Å². The molecule has 3 heterocycles. The zero-order chi connectivity index (χ0) is 16.4. The van der Waals surface area contributed by atoms with Crippen molar-refractivity contribution >= 4 is 28.1 Å². The van der Waals surface area contributed by atoms with Crippen LogP contribution in [0.4, 0.5) is 5.82 Å². The van der Waals surface area contributed by atoms with Gasteiger partial charge in [-0.3, -0.25) is 0 Å². The summed E-state index contributed by atoms with van der Waals surface area (Å²) in [4.78, 5) is 13.2. The van der Waals surface area contributed by atoms with Crippen LogP contribution >= 0.6 is 11.3 Å². The Bertz CT molecular complexity index is 817. The molecule has 1 fully saturated rings. The molecule has 24 heavy (non-hydrogen) atoms. The van der Waals surface area contributed by atoms with Gasteiger partial charge in [-0.2, -0.15) is 0 Å². The number of benzene rings is 1. The van der Waals surface area contributed by atoms with Crippen LogP contribution in [0, 0.1) is 0 Å². The summed E-state index contributed by atoms with van der Waals surface area (Å²) < 4.78 is 5.87. The lowest BCUT2D eigenvalue weighted by Gasteiger charge is -2.34. The topological polar surface area (TPSA) is 38.2 Å². The monoisotopic (exact) mass is 339 g/mol. The van der Waals surface area contributed by atoms with E-state index < -0.39 is 0 Å². The maximum absolute atomic E-state index is 5.87. The molecule has 0 saturated carbocycles. The first-order valence-corrected chi connectivity index (χ1v) is 9.40. The van der Waals surface area contributed by atoms with Crippen LogP contribution < -0.4 is 4.90 Å². The number of piperidine rings is 1. The molecule has 2 aromatic heterocycles. The van der Waals surface area contributed by atoms with Crippen LogP contribution in [0.15, 0.2) is 41.8 Å². The first kappa shape index (κ1) is 15.5. The Morgan fingerprint density at radius 1 is 1.21 bits per heavy atom. The number of hydrogen-bond acceptors (Lipinski definition) is 5. The van der Waals surface area contributed by atoms with Gasteiger partial charge in [0, 0.05) is 25.1 Å². The second-order valence-electron chi connectivity index (χ2n) is 6.03. The number of hydrogen-bond donors (Lipinski definition) is 0. The smallest absolute Gasteiger partial charge is 0.172 e. The maximum Gasteiger partial charge on any atom is 0.172 e. The lowest BCUT2D eigenvalue weighted by atomic mass is 10.1. The van der Waals surface area contributed by atoms with Gasteiger partial charge in [-0.1, -0.05) is 18.2 Å². The summed E-state index contributed by atoms with van der Waals surface area (Å²) in [5.74, 6) is 1.85. The molecule has 1 atom stereocenters. The molecule has 1 aliphatic rings. The molecular formula is C19H21N3OS. The molecule has 1 aromatic carbocycles. The average molecular weight is 339 g/mol. The van der Waals surface area contributed by atoms with E-state index in [-0.39, 0.29) is 0 Å². The van der Waals surface area contributed by atoms with Crippen LogP contribution in [-0.4, -0.2) is 35.8 Å². The molecule has 0 amide bonds. The number of rotatable bonds is 4. The molecule has 4 nitrogen and oxygen atoms in total. The third-order valence-electron chi connectivity index (χ3n) is 4.40. The highest BCUT2D eigenvalue weighted by molar-refractivity contribution is 7.13. The van der Waals surface area contributed by atoms with E-state index in [2.05, 4.69) is 41.5 Å². The van der Waals surface area contributed by atoms with E-state index in [4.69, 9.17) is 14.7 Å². The van der Waals surface area contributed by atoms with E-state index in [9.17, 15) is 0 Å². The average Bonchev–Trinajstić information content (AvgIpc) is 3.16. The van der Waals surface area contributed by atoms with Gasteiger partial charge in [0.1, 0.15) is 5.82 Å². The molecule has 1 unspecified atom stereocenters. The van der Waals surface area contributed by atoms with Gasteiger partial charge in [0.25, 0.3) is 0 Å². The Balaban J connectivity index is 1.78. The van der Waals surface area contributed by atoms with Gasteiger partial charge < -0.3 is 9.64 Å². The number of anilines is 1. The minimum Gasteiger partial charge on any atom is -0.377 e. The largest absolute Gasteiger partial charge is 0.377 e. The summed E-state index contributed by atoms with van der Waals surface area (Å²) >= 11 is 1.68. The normalized spacial score (nSPS) is 18.2. The quantitative estimate of drug-likeness (QED) is 0.708. The second-order valence-corrected chi connectivity index (χ2v) is 6.98. The van der Waals surface area contributed by atoms with Crippen LogP contribution in [0.25, 0.3) is 21.6 Å². The Labute approximate surface area is 146 Å². The first-order valence-electron chi connectivity index (χ1n) is 8.52. The zero-order valence-electron chi connectivity index (χ0n) is 13.8. The van der Waals surface area contributed by atoms with Crippen LogP contribution in [0.3, 0.4) is 0 Å². The van der Waals surface area contributed by atoms with Gasteiger partial charge in [0.15, 0.2) is 5.82 Å². The highest BCUT2D eigenvalue weighted by Crippen LogP contribution is 2.31. The van der Waals surface area contributed by atoms with Gasteiger partial charge in [-0.05, 0) is 43.3 Å². The fraction of sp³-hybridized carbons (Fsp3) is 0.368. The third-order valence-corrected chi connectivity index (χ3v) is 5.27. The summed E-state index contributed by atoms with van der Waals surface area (Å²) in [5.41, 5.74) is 1.00. The Morgan fingerprint density at radius 3 is 2.96 bits per heavy atom. The van der Waals surface area contributed by atoms with Crippen molar-refractivity contribution in [2.45, 2.75) is 25.9 Å². The summed E-state index contributed by atoms with van der Waals surface area (Å²) in [6.45, 7) is 4.75. The van der Waals surface area contributed by atoms with E-state index in [0.29, 0.717) is 6.10 Å². The minimum atomic E-state index is 0.294. The summed E-state index contributed by atoms with van der Waals surface area (Å²) in [7, 11) is 0. The number of fused-ring (bicyclic) bond motifs is 1. The number of para-hydroxylation sites is 1. The van der Waals surface area contributed by atoms with Crippen LogP contribution in [0.2, 0.25) is 0 Å². The predicted octanol–water partition coefficient (Wildman–Crippen LogP) is 4.36. The van der Waals surface area contributed by atoms with Gasteiger partial charge in [0.2, 0.25) is 0 Å². The molecule has 5 heteroatoms. The fourth-order valence-corrected chi connectivity index (χ4v) is 3.98. The molecule has 0 radical (unpaired) electrons. The van der Waals surface area contributed by atoms with E-state index in [1.165, 1.54) is 0 Å². The molecular weight excluding hydrogens is 318 g/mol. The predicted molar refractivity (Wildman–Crippen MR) is 99.7 cm³/mol. The molecule has 0 aliphatic carbocycles. The number of aromatic nitrogens is 2. The Hall–Kier alpha value is -1.98. The number of thiophene rings is 1. The van der Waals surface area contributed by atoms with Crippen LogP contribution in [0.5, 0.6) is 0 Å². The standard InChI is InChI=1S/C19H21N3OS/c1-2-23-14-7-5-11-22(13-14)19-15-8-3-4-9-16(15)20-18(21-19)17-10-6-12-24-17/h3-4,6,8-10,12,14H,2,5,7,11,13H2,1H3. The zero-order valence-corrected chi connectivity index (χ0v) is 14.6. The molecule has 1 saturated heterocycles. The number of ether oxygens (including phenoxy) is 1. The lowest BCUT2D eigenvalue weighted by Crippen LogP contribution is -2.40. The lowest BCUT2D eigenvalue weighted by molar-refractivity contribution is 0.0526. The summed E-state index contributed by atoms with van der Waals surface area (Å²) in [6, 6.07) is 12.4. The highest BCUT2D eigenvalue weighted by atomic mass is 32.1.